The number of rotatable bonds is 4. The number of nitrogens with zero attached hydrogens (tertiary/aromatic N) is 1. The Bertz CT molecular complexity index is 474. The highest BCUT2D eigenvalue weighted by atomic mass is 16.5. The molecule has 0 aliphatic carbocycles. The summed E-state index contributed by atoms with van der Waals surface area (Å²) in [6, 6.07) is 11.7. The fraction of sp³-hybridized carbons (Fsp3) is 0.231. The Hall–Kier alpha value is -1.90. The highest BCUT2D eigenvalue weighted by Crippen LogP contribution is 2.11. The van der Waals surface area contributed by atoms with Gasteiger partial charge in [-0.1, -0.05) is 42.4 Å². The first-order valence-corrected chi connectivity index (χ1v) is 5.32. The number of Topliss-reactive ketones (excluding diaryl/α,β-unsaturated/α-hetero) is 1. The third kappa shape index (κ3) is 2.37. The van der Waals surface area contributed by atoms with E-state index in [-0.39, 0.29) is 5.78 Å². The van der Waals surface area contributed by atoms with Crippen molar-refractivity contribution in [3.05, 3.63) is 53.4 Å². The monoisotopic (exact) mass is 215 g/mol. The van der Waals surface area contributed by atoms with Crippen molar-refractivity contribution >= 4 is 5.78 Å². The van der Waals surface area contributed by atoms with Crippen LogP contribution in [-0.4, -0.2) is 10.9 Å². The van der Waals surface area contributed by atoms with Gasteiger partial charge < -0.3 is 4.52 Å². The van der Waals surface area contributed by atoms with Gasteiger partial charge in [-0.15, -0.1) is 0 Å². The lowest BCUT2D eigenvalue weighted by Crippen LogP contribution is -1.95. The molecule has 1 heterocycles. The number of benzene rings is 1. The van der Waals surface area contributed by atoms with E-state index in [1.165, 1.54) is 0 Å². The summed E-state index contributed by atoms with van der Waals surface area (Å²) in [7, 11) is 0. The molecule has 1 aromatic carbocycles. The molecule has 0 spiro atoms. The minimum Gasteiger partial charge on any atom is -0.360 e. The molecule has 0 aliphatic rings. The number of ketones is 1. The molecule has 0 N–H and O–H groups in total. The predicted octanol–water partition coefficient (Wildman–Crippen LogP) is 2.86. The third-order valence-corrected chi connectivity index (χ3v) is 2.39. The number of aromatic nitrogens is 1. The molecule has 2 rings (SSSR count). The molecule has 0 saturated heterocycles. The van der Waals surface area contributed by atoms with Crippen molar-refractivity contribution in [2.75, 3.05) is 0 Å². The predicted molar refractivity (Wildman–Crippen MR) is 60.4 cm³/mol. The van der Waals surface area contributed by atoms with Crippen LogP contribution in [0, 0.1) is 0 Å². The van der Waals surface area contributed by atoms with Gasteiger partial charge in [-0.05, 0) is 5.56 Å². The quantitative estimate of drug-likeness (QED) is 0.736. The van der Waals surface area contributed by atoms with E-state index >= 15 is 0 Å². The Morgan fingerprint density at radius 1 is 1.31 bits per heavy atom. The average molecular weight is 215 g/mol. The molecule has 0 atom stereocenters. The SMILES string of the molecule is CCC(=O)c1cc(Cc2ccccc2)on1. The topological polar surface area (TPSA) is 43.1 Å². The second kappa shape index (κ2) is 4.75. The van der Waals surface area contributed by atoms with Crippen LogP contribution in [-0.2, 0) is 6.42 Å². The molecule has 82 valence electrons. The van der Waals surface area contributed by atoms with Gasteiger partial charge >= 0.3 is 0 Å². The second-order valence-corrected chi connectivity index (χ2v) is 3.62. The summed E-state index contributed by atoms with van der Waals surface area (Å²) < 4.78 is 5.12. The van der Waals surface area contributed by atoms with E-state index in [1.54, 1.807) is 6.07 Å². The fourth-order valence-corrected chi connectivity index (χ4v) is 1.51. The van der Waals surface area contributed by atoms with E-state index in [0.29, 0.717) is 18.5 Å². The molecular weight excluding hydrogens is 202 g/mol. The lowest BCUT2D eigenvalue weighted by atomic mass is 10.1. The molecule has 3 heteroatoms. The van der Waals surface area contributed by atoms with Crippen LogP contribution in [0.3, 0.4) is 0 Å². The highest BCUT2D eigenvalue weighted by Gasteiger charge is 2.10. The highest BCUT2D eigenvalue weighted by molar-refractivity contribution is 5.93. The Morgan fingerprint density at radius 2 is 2.06 bits per heavy atom. The summed E-state index contributed by atoms with van der Waals surface area (Å²) >= 11 is 0. The molecule has 0 saturated carbocycles. The molecule has 1 aromatic heterocycles. The van der Waals surface area contributed by atoms with Crippen LogP contribution in [0.5, 0.6) is 0 Å². The maximum Gasteiger partial charge on any atom is 0.184 e. The molecule has 0 radical (unpaired) electrons. The summed E-state index contributed by atoms with van der Waals surface area (Å²) in [5.74, 6) is 0.742. The van der Waals surface area contributed by atoms with E-state index in [4.69, 9.17) is 4.52 Å². The van der Waals surface area contributed by atoms with Crippen molar-refractivity contribution in [2.24, 2.45) is 0 Å². The number of hydrogen-bond acceptors (Lipinski definition) is 3. The van der Waals surface area contributed by atoms with E-state index in [9.17, 15) is 4.79 Å². The second-order valence-electron chi connectivity index (χ2n) is 3.62. The largest absolute Gasteiger partial charge is 0.360 e. The van der Waals surface area contributed by atoms with Crippen molar-refractivity contribution in [3.8, 4) is 0 Å². The van der Waals surface area contributed by atoms with Crippen molar-refractivity contribution in [1.29, 1.82) is 0 Å². The zero-order chi connectivity index (χ0) is 11.4. The van der Waals surface area contributed by atoms with Crippen LogP contribution < -0.4 is 0 Å². The maximum atomic E-state index is 11.4. The van der Waals surface area contributed by atoms with Gasteiger partial charge in [0.15, 0.2) is 5.78 Å². The Balaban J connectivity index is 2.12. The molecule has 0 aliphatic heterocycles. The lowest BCUT2D eigenvalue weighted by molar-refractivity contribution is 0.0979. The molecular formula is C13H13NO2. The fourth-order valence-electron chi connectivity index (χ4n) is 1.51. The zero-order valence-electron chi connectivity index (χ0n) is 9.14. The molecule has 0 unspecified atom stereocenters. The van der Waals surface area contributed by atoms with E-state index in [0.717, 1.165) is 11.3 Å². The first-order chi connectivity index (χ1) is 7.79. The third-order valence-electron chi connectivity index (χ3n) is 2.39. The van der Waals surface area contributed by atoms with Gasteiger partial charge in [0.2, 0.25) is 0 Å². The average Bonchev–Trinajstić information content (AvgIpc) is 2.78. The normalized spacial score (nSPS) is 10.3. The van der Waals surface area contributed by atoms with Crippen molar-refractivity contribution in [3.63, 3.8) is 0 Å². The van der Waals surface area contributed by atoms with Gasteiger partial charge in [-0.3, -0.25) is 4.79 Å². The maximum absolute atomic E-state index is 11.4. The van der Waals surface area contributed by atoms with E-state index < -0.39 is 0 Å². The lowest BCUT2D eigenvalue weighted by Gasteiger charge is -1.94. The standard InChI is InChI=1S/C13H13NO2/c1-2-13(15)12-9-11(16-14-12)8-10-6-4-3-5-7-10/h3-7,9H,2,8H2,1H3. The smallest absolute Gasteiger partial charge is 0.184 e. The number of carbonyl (C=O) groups excluding carboxylic acids is 1. The van der Waals surface area contributed by atoms with Crippen LogP contribution >= 0.6 is 0 Å². The van der Waals surface area contributed by atoms with Crippen molar-refractivity contribution in [1.82, 2.24) is 5.16 Å². The first kappa shape index (κ1) is 10.6. The molecule has 3 nitrogen and oxygen atoms in total. The Labute approximate surface area is 94.1 Å². The van der Waals surface area contributed by atoms with Crippen molar-refractivity contribution < 1.29 is 9.32 Å². The minimum atomic E-state index is 0.0167. The summed E-state index contributed by atoms with van der Waals surface area (Å²) in [5, 5.41) is 3.76. The van der Waals surface area contributed by atoms with Crippen LogP contribution in [0.4, 0.5) is 0 Å². The molecule has 16 heavy (non-hydrogen) atoms. The Kier molecular flexibility index (Phi) is 3.15. The molecule has 2 aromatic rings. The summed E-state index contributed by atoms with van der Waals surface area (Å²) in [6.07, 6.45) is 1.13. The zero-order valence-corrected chi connectivity index (χ0v) is 9.14. The van der Waals surface area contributed by atoms with Gasteiger partial charge in [0, 0.05) is 18.9 Å². The first-order valence-electron chi connectivity index (χ1n) is 5.32. The van der Waals surface area contributed by atoms with Gasteiger partial charge in [0.25, 0.3) is 0 Å². The van der Waals surface area contributed by atoms with Crippen LogP contribution in [0.25, 0.3) is 0 Å². The van der Waals surface area contributed by atoms with Gasteiger partial charge in [0.1, 0.15) is 11.5 Å². The van der Waals surface area contributed by atoms with E-state index in [2.05, 4.69) is 5.16 Å². The van der Waals surface area contributed by atoms with Gasteiger partial charge in [-0.25, -0.2) is 0 Å². The summed E-state index contributed by atoms with van der Waals surface area (Å²) in [6.45, 7) is 1.81. The summed E-state index contributed by atoms with van der Waals surface area (Å²) in [5.41, 5.74) is 1.57. The van der Waals surface area contributed by atoms with Crippen LogP contribution in [0.2, 0.25) is 0 Å². The van der Waals surface area contributed by atoms with Crippen LogP contribution in [0.1, 0.15) is 35.2 Å². The molecule has 0 bridgehead atoms. The van der Waals surface area contributed by atoms with Gasteiger partial charge in [-0.2, -0.15) is 0 Å². The molecule has 0 fully saturated rings. The van der Waals surface area contributed by atoms with Crippen molar-refractivity contribution in [2.45, 2.75) is 19.8 Å². The Morgan fingerprint density at radius 3 is 2.75 bits per heavy atom. The van der Waals surface area contributed by atoms with E-state index in [1.807, 2.05) is 37.3 Å². The summed E-state index contributed by atoms with van der Waals surface area (Å²) in [4.78, 5) is 11.4. The molecule has 0 amide bonds. The van der Waals surface area contributed by atoms with Crippen LogP contribution in [0.15, 0.2) is 40.9 Å². The minimum absolute atomic E-state index is 0.0167. The number of hydrogen-bond donors (Lipinski definition) is 0. The number of carbonyl (C=O) groups is 1. The van der Waals surface area contributed by atoms with Gasteiger partial charge in [0.05, 0.1) is 0 Å².